The van der Waals surface area contributed by atoms with E-state index in [4.69, 9.17) is 13.8 Å². The number of hydrogen-bond acceptors (Lipinski definition) is 6. The zero-order chi connectivity index (χ0) is 27.8. The van der Waals surface area contributed by atoms with Crippen molar-refractivity contribution in [2.24, 2.45) is 0 Å². The molecule has 2 N–H and O–H groups in total. The van der Waals surface area contributed by atoms with Crippen LogP contribution in [-0.4, -0.2) is 74.1 Å². The third kappa shape index (κ3) is 28.1. The highest BCUT2D eigenvalue weighted by molar-refractivity contribution is 7.47. The van der Waals surface area contributed by atoms with Crippen LogP contribution in [-0.2, 0) is 23.1 Å². The molecular weight excluding hydrogens is 493 g/mol. The lowest BCUT2D eigenvalue weighted by atomic mass is 10.0. The lowest BCUT2D eigenvalue weighted by Gasteiger charge is -2.24. The molecule has 0 aliphatic heterocycles. The van der Waals surface area contributed by atoms with Crippen molar-refractivity contribution >= 4 is 13.8 Å². The van der Waals surface area contributed by atoms with Crippen molar-refractivity contribution in [1.82, 2.24) is 0 Å². The molecule has 0 saturated carbocycles. The first-order valence-electron chi connectivity index (χ1n) is 14.5. The number of ether oxygens (including phenoxy) is 1. The minimum Gasteiger partial charge on any atom is -0.460 e. The minimum absolute atomic E-state index is 0.0481. The van der Waals surface area contributed by atoms with Crippen LogP contribution >= 0.6 is 7.82 Å². The zero-order valence-corrected chi connectivity index (χ0v) is 25.1. The van der Waals surface area contributed by atoms with Crippen molar-refractivity contribution in [3.8, 4) is 0 Å². The van der Waals surface area contributed by atoms with E-state index in [0.29, 0.717) is 11.0 Å². The monoisotopic (exact) mass is 550 g/mol. The molecule has 0 aromatic heterocycles. The molecule has 0 fully saturated rings. The molecule has 0 spiro atoms. The van der Waals surface area contributed by atoms with Crippen LogP contribution in [0.15, 0.2) is 12.2 Å². The molecule has 0 bridgehead atoms. The van der Waals surface area contributed by atoms with Crippen LogP contribution in [0.25, 0.3) is 0 Å². The van der Waals surface area contributed by atoms with Crippen LogP contribution in [0.2, 0.25) is 0 Å². The topological polar surface area (TPSA) is 102 Å². The molecule has 0 saturated heterocycles. The molecule has 2 atom stereocenters. The van der Waals surface area contributed by atoms with E-state index in [0.717, 1.165) is 19.3 Å². The Morgan fingerprint density at radius 1 is 0.811 bits per heavy atom. The number of phosphoric acid groups is 1. The van der Waals surface area contributed by atoms with Gasteiger partial charge in [0.25, 0.3) is 0 Å². The minimum atomic E-state index is -4.25. The van der Waals surface area contributed by atoms with Gasteiger partial charge in [-0.25, -0.2) is 9.36 Å². The summed E-state index contributed by atoms with van der Waals surface area (Å²) in [7, 11) is 1.54. The average molecular weight is 551 g/mol. The van der Waals surface area contributed by atoms with E-state index in [2.05, 4.69) is 6.92 Å². The summed E-state index contributed by atoms with van der Waals surface area (Å²) >= 11 is 0. The van der Waals surface area contributed by atoms with Crippen LogP contribution in [0.1, 0.15) is 110 Å². The summed E-state index contributed by atoms with van der Waals surface area (Å²) in [6, 6.07) is 0. The highest BCUT2D eigenvalue weighted by atomic mass is 31.2. The van der Waals surface area contributed by atoms with Gasteiger partial charge in [0.05, 0.1) is 27.7 Å². The van der Waals surface area contributed by atoms with Crippen LogP contribution in [0.4, 0.5) is 0 Å². The Morgan fingerprint density at radius 2 is 1.30 bits per heavy atom. The lowest BCUT2D eigenvalue weighted by molar-refractivity contribution is -0.870. The van der Waals surface area contributed by atoms with Crippen molar-refractivity contribution in [3.63, 3.8) is 0 Å². The SMILES string of the molecule is CCCCCCCCCCCCCCCCCC=CC(=O)OC[C@@H](O)COP(=O)(O)OCC[N+](C)(C)C. The molecule has 1 unspecified atom stereocenters. The van der Waals surface area contributed by atoms with E-state index in [1.165, 1.54) is 89.5 Å². The number of hydrogen-bond donors (Lipinski definition) is 2. The van der Waals surface area contributed by atoms with Gasteiger partial charge in [-0.2, -0.15) is 0 Å². The molecule has 0 rings (SSSR count). The fraction of sp³-hybridized carbons (Fsp3) is 0.893. The predicted molar refractivity (Wildman–Crippen MR) is 150 cm³/mol. The van der Waals surface area contributed by atoms with Gasteiger partial charge in [-0.05, 0) is 12.8 Å². The molecule has 0 heterocycles. The highest BCUT2D eigenvalue weighted by Crippen LogP contribution is 2.43. The third-order valence-corrected chi connectivity index (χ3v) is 7.08. The van der Waals surface area contributed by atoms with Gasteiger partial charge >= 0.3 is 13.8 Å². The molecule has 0 amide bonds. The maximum absolute atomic E-state index is 11.8. The average Bonchev–Trinajstić information content (AvgIpc) is 2.82. The van der Waals surface area contributed by atoms with E-state index in [-0.39, 0.29) is 13.2 Å². The number of aliphatic hydroxyl groups is 1. The second-order valence-corrected chi connectivity index (χ2v) is 12.5. The number of quaternary nitrogens is 1. The van der Waals surface area contributed by atoms with Crippen LogP contribution < -0.4 is 0 Å². The van der Waals surface area contributed by atoms with Crippen LogP contribution in [0.3, 0.4) is 0 Å². The van der Waals surface area contributed by atoms with Gasteiger partial charge in [0.2, 0.25) is 0 Å². The second-order valence-electron chi connectivity index (χ2n) is 11.0. The Morgan fingerprint density at radius 3 is 1.78 bits per heavy atom. The fourth-order valence-electron chi connectivity index (χ4n) is 3.74. The van der Waals surface area contributed by atoms with Gasteiger partial charge in [-0.15, -0.1) is 0 Å². The van der Waals surface area contributed by atoms with Crippen molar-refractivity contribution in [2.75, 3.05) is 47.5 Å². The van der Waals surface area contributed by atoms with Gasteiger partial charge in [0.1, 0.15) is 25.9 Å². The van der Waals surface area contributed by atoms with E-state index >= 15 is 0 Å². The number of phosphoric ester groups is 1. The first-order valence-corrected chi connectivity index (χ1v) is 16.0. The molecular formula is C28H57NO7P+. The molecule has 0 aliphatic rings. The van der Waals surface area contributed by atoms with Gasteiger partial charge in [-0.1, -0.05) is 103 Å². The molecule has 0 aliphatic carbocycles. The van der Waals surface area contributed by atoms with Crippen molar-refractivity contribution in [3.05, 3.63) is 12.2 Å². The van der Waals surface area contributed by atoms with Gasteiger partial charge in [0.15, 0.2) is 0 Å². The molecule has 0 radical (unpaired) electrons. The number of rotatable bonds is 26. The fourth-order valence-corrected chi connectivity index (χ4v) is 4.48. The van der Waals surface area contributed by atoms with E-state index in [9.17, 15) is 19.4 Å². The number of aliphatic hydroxyl groups excluding tert-OH is 1. The number of carbonyl (C=O) groups excluding carboxylic acids is 1. The number of nitrogens with zero attached hydrogens (tertiary/aromatic N) is 1. The smallest absolute Gasteiger partial charge is 0.460 e. The standard InChI is InChI=1S/C28H56NO7P/c1-5-6-7-8-9-10-11-12-13-14-15-16-17-18-19-20-21-22-28(31)34-25-27(30)26-36-37(32,33)35-24-23-29(2,3)4/h21-22,27,30H,5-20,23-26H2,1-4H3/p+1/t27-/m1/s1. The number of esters is 1. The Bertz CT molecular complexity index is 622. The summed E-state index contributed by atoms with van der Waals surface area (Å²) in [4.78, 5) is 21.4. The summed E-state index contributed by atoms with van der Waals surface area (Å²) < 4.78 is 27.0. The number of carbonyl (C=O) groups is 1. The lowest BCUT2D eigenvalue weighted by Crippen LogP contribution is -2.37. The summed E-state index contributed by atoms with van der Waals surface area (Å²) in [6.07, 6.45) is 22.6. The largest absolute Gasteiger partial charge is 0.472 e. The number of unbranched alkanes of at least 4 members (excludes halogenated alkanes) is 15. The molecule has 0 aromatic rings. The highest BCUT2D eigenvalue weighted by Gasteiger charge is 2.24. The molecule has 8 nitrogen and oxygen atoms in total. The Kier molecular flexibility index (Phi) is 22.7. The van der Waals surface area contributed by atoms with E-state index in [1.54, 1.807) is 6.08 Å². The summed E-state index contributed by atoms with van der Waals surface area (Å²) in [5, 5.41) is 9.82. The summed E-state index contributed by atoms with van der Waals surface area (Å²) in [5.74, 6) is -0.550. The van der Waals surface area contributed by atoms with Crippen LogP contribution in [0.5, 0.6) is 0 Å². The van der Waals surface area contributed by atoms with Gasteiger partial charge in [-0.3, -0.25) is 9.05 Å². The number of likely N-dealkylation sites (N-methyl/N-ethyl adjacent to an activating group) is 1. The van der Waals surface area contributed by atoms with Crippen molar-refractivity contribution < 1.29 is 37.6 Å². The molecule has 220 valence electrons. The summed E-state index contributed by atoms with van der Waals surface area (Å²) in [5.41, 5.74) is 0. The quantitative estimate of drug-likeness (QED) is 0.0414. The zero-order valence-electron chi connectivity index (χ0n) is 24.2. The first kappa shape index (κ1) is 36.2. The van der Waals surface area contributed by atoms with Gasteiger partial charge < -0.3 is 19.2 Å². The van der Waals surface area contributed by atoms with Crippen molar-refractivity contribution in [1.29, 1.82) is 0 Å². The molecule has 37 heavy (non-hydrogen) atoms. The maximum Gasteiger partial charge on any atom is 0.472 e. The summed E-state index contributed by atoms with van der Waals surface area (Å²) in [6.45, 7) is 2.06. The Balaban J connectivity index is 3.58. The molecule has 0 aromatic carbocycles. The van der Waals surface area contributed by atoms with Gasteiger partial charge in [0, 0.05) is 6.08 Å². The van der Waals surface area contributed by atoms with E-state index in [1.807, 2.05) is 21.1 Å². The number of allylic oxidation sites excluding steroid dienone is 1. The predicted octanol–water partition coefficient (Wildman–Crippen LogP) is 6.55. The van der Waals surface area contributed by atoms with Crippen LogP contribution in [0, 0.1) is 0 Å². The normalized spacial score (nSPS) is 14.6. The Hall–Kier alpha value is -0.760. The molecule has 9 heteroatoms. The van der Waals surface area contributed by atoms with E-state index < -0.39 is 26.5 Å². The van der Waals surface area contributed by atoms with Crippen molar-refractivity contribution in [2.45, 2.75) is 116 Å². The second kappa shape index (κ2) is 23.2. The maximum atomic E-state index is 11.8. The first-order chi connectivity index (χ1) is 17.6. The Labute approximate surface area is 227 Å². The third-order valence-electron chi connectivity index (χ3n) is 6.09.